The standard InChI is InChI=1S/C22H34O5/c1-21-11-9-15(23)13-14(21)5-6-16-17(7-8-19(24)26-3)22(2,20(25)27-4)12-10-18(16)21/h5,15-18,23H,6-13H2,1-4H3/t15-,16+,17-,18-,21+,22+/m1/s1. The number of hydrogen-bond donors (Lipinski definition) is 1. The van der Waals surface area contributed by atoms with E-state index in [0.29, 0.717) is 24.7 Å². The Labute approximate surface area is 162 Å². The monoisotopic (exact) mass is 378 g/mol. The number of hydrogen-bond acceptors (Lipinski definition) is 5. The zero-order valence-electron chi connectivity index (χ0n) is 17.1. The highest BCUT2D eigenvalue weighted by molar-refractivity contribution is 5.77. The summed E-state index contributed by atoms with van der Waals surface area (Å²) in [6.07, 6.45) is 8.41. The van der Waals surface area contributed by atoms with Crippen molar-refractivity contribution >= 4 is 11.9 Å². The fourth-order valence-electron chi connectivity index (χ4n) is 6.36. The quantitative estimate of drug-likeness (QED) is 0.597. The van der Waals surface area contributed by atoms with Gasteiger partial charge in [-0.1, -0.05) is 18.6 Å². The predicted molar refractivity (Wildman–Crippen MR) is 102 cm³/mol. The lowest BCUT2D eigenvalue weighted by atomic mass is 9.47. The first-order valence-electron chi connectivity index (χ1n) is 10.3. The Morgan fingerprint density at radius 1 is 1.19 bits per heavy atom. The zero-order valence-corrected chi connectivity index (χ0v) is 17.1. The molecule has 0 spiro atoms. The molecular formula is C22H34O5. The summed E-state index contributed by atoms with van der Waals surface area (Å²) in [7, 11) is 2.87. The van der Waals surface area contributed by atoms with Gasteiger partial charge in [0.05, 0.1) is 25.7 Å². The fourth-order valence-corrected chi connectivity index (χ4v) is 6.36. The van der Waals surface area contributed by atoms with Crippen molar-refractivity contribution in [2.75, 3.05) is 14.2 Å². The van der Waals surface area contributed by atoms with E-state index in [9.17, 15) is 14.7 Å². The molecule has 152 valence electrons. The van der Waals surface area contributed by atoms with Crippen molar-refractivity contribution in [3.8, 4) is 0 Å². The average Bonchev–Trinajstić information content (AvgIpc) is 2.66. The van der Waals surface area contributed by atoms with Crippen molar-refractivity contribution < 1.29 is 24.2 Å². The first kappa shape index (κ1) is 20.4. The van der Waals surface area contributed by atoms with Crippen molar-refractivity contribution in [1.82, 2.24) is 0 Å². The summed E-state index contributed by atoms with van der Waals surface area (Å²) < 4.78 is 10.0. The van der Waals surface area contributed by atoms with Crippen LogP contribution in [0.3, 0.4) is 0 Å². The first-order valence-corrected chi connectivity index (χ1v) is 10.3. The van der Waals surface area contributed by atoms with E-state index in [1.807, 2.05) is 6.92 Å². The normalized spacial score (nSPS) is 41.0. The molecular weight excluding hydrogens is 344 g/mol. The predicted octanol–water partition coefficient (Wildman–Crippen LogP) is 3.64. The Hall–Kier alpha value is -1.36. The van der Waals surface area contributed by atoms with Crippen molar-refractivity contribution in [2.45, 2.75) is 71.3 Å². The van der Waals surface area contributed by atoms with E-state index in [-0.39, 0.29) is 29.4 Å². The van der Waals surface area contributed by atoms with E-state index in [2.05, 4.69) is 13.0 Å². The number of ether oxygens (including phenoxy) is 2. The van der Waals surface area contributed by atoms with Gasteiger partial charge in [0.15, 0.2) is 0 Å². The summed E-state index contributed by atoms with van der Waals surface area (Å²) in [5.74, 6) is 0.573. The summed E-state index contributed by atoms with van der Waals surface area (Å²) in [4.78, 5) is 24.5. The van der Waals surface area contributed by atoms with E-state index in [1.54, 1.807) is 0 Å². The molecule has 0 aromatic rings. The molecule has 0 bridgehead atoms. The highest BCUT2D eigenvalue weighted by Gasteiger charge is 2.57. The van der Waals surface area contributed by atoms with Gasteiger partial charge in [0.1, 0.15) is 0 Å². The maximum absolute atomic E-state index is 12.7. The van der Waals surface area contributed by atoms with E-state index in [0.717, 1.165) is 38.5 Å². The van der Waals surface area contributed by atoms with Gasteiger partial charge in [-0.3, -0.25) is 9.59 Å². The van der Waals surface area contributed by atoms with Crippen LogP contribution < -0.4 is 0 Å². The van der Waals surface area contributed by atoms with Crippen LogP contribution in [0.15, 0.2) is 11.6 Å². The van der Waals surface area contributed by atoms with Gasteiger partial charge in [-0.15, -0.1) is 0 Å². The molecule has 0 aliphatic heterocycles. The van der Waals surface area contributed by atoms with Crippen molar-refractivity contribution in [1.29, 1.82) is 0 Å². The van der Waals surface area contributed by atoms with Gasteiger partial charge in [0.25, 0.3) is 0 Å². The molecule has 3 aliphatic rings. The SMILES string of the molecule is COC(=O)CC[C@@H]1[C@@H]2CC=C3C[C@H](O)CC[C@]3(C)[C@@H]2CC[C@]1(C)C(=O)OC. The number of aliphatic hydroxyl groups is 1. The number of allylic oxidation sites excluding steroid dienone is 1. The molecule has 1 N–H and O–H groups in total. The third-order valence-corrected chi connectivity index (χ3v) is 8.01. The molecule has 2 saturated carbocycles. The topological polar surface area (TPSA) is 72.8 Å². The Morgan fingerprint density at radius 3 is 2.59 bits per heavy atom. The van der Waals surface area contributed by atoms with Crippen molar-refractivity contribution in [3.05, 3.63) is 11.6 Å². The Kier molecular flexibility index (Phi) is 5.72. The summed E-state index contributed by atoms with van der Waals surface area (Å²) >= 11 is 0. The van der Waals surface area contributed by atoms with Gasteiger partial charge < -0.3 is 14.6 Å². The van der Waals surface area contributed by atoms with Crippen LogP contribution in [-0.4, -0.2) is 37.4 Å². The molecule has 3 aliphatic carbocycles. The molecule has 0 aromatic carbocycles. The number of rotatable bonds is 4. The average molecular weight is 379 g/mol. The summed E-state index contributed by atoms with van der Waals surface area (Å²) in [6, 6.07) is 0. The Morgan fingerprint density at radius 2 is 1.93 bits per heavy atom. The molecule has 3 rings (SSSR count). The van der Waals surface area contributed by atoms with Crippen LogP contribution in [0, 0.1) is 28.6 Å². The van der Waals surface area contributed by atoms with Crippen LogP contribution in [0.2, 0.25) is 0 Å². The molecule has 0 heterocycles. The Bertz CT molecular complexity index is 626. The number of carbonyl (C=O) groups excluding carboxylic acids is 2. The molecule has 0 saturated heterocycles. The molecule has 0 unspecified atom stereocenters. The van der Waals surface area contributed by atoms with Gasteiger partial charge >= 0.3 is 11.9 Å². The molecule has 2 fully saturated rings. The molecule has 5 heteroatoms. The van der Waals surface area contributed by atoms with Crippen LogP contribution in [0.4, 0.5) is 0 Å². The minimum Gasteiger partial charge on any atom is -0.469 e. The first-order chi connectivity index (χ1) is 12.8. The van der Waals surface area contributed by atoms with Gasteiger partial charge in [0.2, 0.25) is 0 Å². The van der Waals surface area contributed by atoms with E-state index >= 15 is 0 Å². The molecule has 0 amide bonds. The highest BCUT2D eigenvalue weighted by atomic mass is 16.5. The van der Waals surface area contributed by atoms with Crippen LogP contribution in [0.1, 0.15) is 65.2 Å². The number of carbonyl (C=O) groups is 2. The Balaban J connectivity index is 1.92. The van der Waals surface area contributed by atoms with Crippen molar-refractivity contribution in [3.63, 3.8) is 0 Å². The van der Waals surface area contributed by atoms with Crippen LogP contribution in [0.25, 0.3) is 0 Å². The highest BCUT2D eigenvalue weighted by Crippen LogP contribution is 2.62. The molecule has 6 atom stereocenters. The molecule has 5 nitrogen and oxygen atoms in total. The fraction of sp³-hybridized carbons (Fsp3) is 0.818. The number of aliphatic hydroxyl groups excluding tert-OH is 1. The van der Waals surface area contributed by atoms with E-state index in [1.165, 1.54) is 19.8 Å². The smallest absolute Gasteiger partial charge is 0.311 e. The molecule has 0 aromatic heterocycles. The van der Waals surface area contributed by atoms with Crippen LogP contribution in [-0.2, 0) is 19.1 Å². The van der Waals surface area contributed by atoms with Gasteiger partial charge in [-0.05, 0) is 75.0 Å². The maximum atomic E-state index is 12.7. The third-order valence-electron chi connectivity index (χ3n) is 8.01. The maximum Gasteiger partial charge on any atom is 0.311 e. The summed E-state index contributed by atoms with van der Waals surface area (Å²) in [5.41, 5.74) is 0.944. The number of methoxy groups -OCH3 is 2. The summed E-state index contributed by atoms with van der Waals surface area (Å²) in [5, 5.41) is 10.1. The molecule has 27 heavy (non-hydrogen) atoms. The van der Waals surface area contributed by atoms with Gasteiger partial charge in [0, 0.05) is 6.42 Å². The van der Waals surface area contributed by atoms with E-state index in [4.69, 9.17) is 9.47 Å². The second-order valence-corrected chi connectivity index (χ2v) is 9.22. The lowest BCUT2D eigenvalue weighted by Crippen LogP contribution is -2.53. The number of esters is 2. The lowest BCUT2D eigenvalue weighted by Gasteiger charge is -2.57. The largest absolute Gasteiger partial charge is 0.469 e. The van der Waals surface area contributed by atoms with Crippen LogP contribution in [0.5, 0.6) is 0 Å². The lowest BCUT2D eigenvalue weighted by molar-refractivity contribution is -0.165. The minimum atomic E-state index is -0.556. The van der Waals surface area contributed by atoms with Gasteiger partial charge in [-0.2, -0.15) is 0 Å². The van der Waals surface area contributed by atoms with Crippen LogP contribution >= 0.6 is 0 Å². The van der Waals surface area contributed by atoms with Crippen molar-refractivity contribution in [2.24, 2.45) is 28.6 Å². The zero-order chi connectivity index (χ0) is 19.8. The second-order valence-electron chi connectivity index (χ2n) is 9.22. The summed E-state index contributed by atoms with van der Waals surface area (Å²) in [6.45, 7) is 4.36. The van der Waals surface area contributed by atoms with E-state index < -0.39 is 5.41 Å². The third kappa shape index (κ3) is 3.43. The van der Waals surface area contributed by atoms with Gasteiger partial charge in [-0.25, -0.2) is 0 Å². The molecule has 0 radical (unpaired) electrons. The number of fused-ring (bicyclic) bond motifs is 3. The minimum absolute atomic E-state index is 0.100. The second kappa shape index (κ2) is 7.57.